The number of hydrogen-bond acceptors (Lipinski definition) is 5. The average Bonchev–Trinajstić information content (AvgIpc) is 2.42. The van der Waals surface area contributed by atoms with E-state index in [-0.39, 0.29) is 6.61 Å². The highest BCUT2D eigenvalue weighted by atomic mass is 32.3. The van der Waals surface area contributed by atoms with Gasteiger partial charge in [-0.1, -0.05) is 64.7 Å². The van der Waals surface area contributed by atoms with E-state index >= 15 is 0 Å². The molecule has 0 spiro atoms. The fourth-order valence-corrected chi connectivity index (χ4v) is 2.18. The van der Waals surface area contributed by atoms with Crippen LogP contribution in [-0.4, -0.2) is 32.2 Å². The molecule has 0 aromatic carbocycles. The van der Waals surface area contributed by atoms with Gasteiger partial charge in [-0.3, -0.25) is 4.55 Å². The van der Waals surface area contributed by atoms with Crippen molar-refractivity contribution >= 4 is 16.4 Å². The van der Waals surface area contributed by atoms with Crippen LogP contribution in [0.2, 0.25) is 0 Å². The minimum Gasteiger partial charge on any atom is -0.464 e. The van der Waals surface area contributed by atoms with Gasteiger partial charge in [0.15, 0.2) is 6.61 Å². The molecule has 0 amide bonds. The maximum absolute atomic E-state index is 11.0. The molecule has 0 aliphatic rings. The van der Waals surface area contributed by atoms with Crippen LogP contribution in [0.25, 0.3) is 0 Å². The van der Waals surface area contributed by atoms with E-state index in [1.54, 1.807) is 0 Å². The fourth-order valence-electron chi connectivity index (χ4n) is 1.94. The standard InChI is InChI=1S/C14H28O6S/c1-2-3-4-5-6-7-8-9-10-11-12-19-14(15)13-20-21(16,17)18/h2-13H2,1H3,(H,16,17,18). The Morgan fingerprint density at radius 1 is 0.905 bits per heavy atom. The maximum Gasteiger partial charge on any atom is 0.397 e. The first-order valence-electron chi connectivity index (χ1n) is 7.73. The molecule has 7 heteroatoms. The van der Waals surface area contributed by atoms with Crippen LogP contribution in [0.4, 0.5) is 0 Å². The van der Waals surface area contributed by atoms with E-state index in [9.17, 15) is 13.2 Å². The van der Waals surface area contributed by atoms with Gasteiger partial charge in [0, 0.05) is 0 Å². The van der Waals surface area contributed by atoms with Crippen molar-refractivity contribution in [2.75, 3.05) is 13.2 Å². The zero-order valence-electron chi connectivity index (χ0n) is 12.9. The molecule has 126 valence electrons. The molecule has 0 saturated carbocycles. The summed E-state index contributed by atoms with van der Waals surface area (Å²) in [6, 6.07) is 0. The van der Waals surface area contributed by atoms with Gasteiger partial charge in [-0.15, -0.1) is 0 Å². The third-order valence-electron chi connectivity index (χ3n) is 3.09. The summed E-state index contributed by atoms with van der Waals surface area (Å²) < 4.78 is 37.4. The smallest absolute Gasteiger partial charge is 0.397 e. The molecule has 0 saturated heterocycles. The van der Waals surface area contributed by atoms with Crippen molar-refractivity contribution in [3.8, 4) is 0 Å². The predicted octanol–water partition coefficient (Wildman–Crippen LogP) is 3.27. The highest BCUT2D eigenvalue weighted by molar-refractivity contribution is 7.80. The first-order chi connectivity index (χ1) is 9.95. The van der Waals surface area contributed by atoms with Crippen LogP contribution < -0.4 is 0 Å². The van der Waals surface area contributed by atoms with Crippen molar-refractivity contribution in [1.82, 2.24) is 0 Å². The van der Waals surface area contributed by atoms with Crippen molar-refractivity contribution in [3.05, 3.63) is 0 Å². The third-order valence-corrected chi connectivity index (χ3v) is 3.50. The Morgan fingerprint density at radius 2 is 1.38 bits per heavy atom. The summed E-state index contributed by atoms with van der Waals surface area (Å²) in [5.74, 6) is -0.788. The first kappa shape index (κ1) is 20.3. The number of esters is 1. The van der Waals surface area contributed by atoms with Crippen molar-refractivity contribution in [3.63, 3.8) is 0 Å². The SMILES string of the molecule is CCCCCCCCCCCCOC(=O)COS(=O)(=O)O. The van der Waals surface area contributed by atoms with Crippen LogP contribution in [0.5, 0.6) is 0 Å². The van der Waals surface area contributed by atoms with Gasteiger partial charge in [-0.25, -0.2) is 8.98 Å². The Labute approximate surface area is 128 Å². The summed E-state index contributed by atoms with van der Waals surface area (Å²) in [6.45, 7) is 1.68. The van der Waals surface area contributed by atoms with Gasteiger partial charge in [0.2, 0.25) is 0 Å². The summed E-state index contributed by atoms with van der Waals surface area (Å²) in [6.07, 6.45) is 11.9. The van der Waals surface area contributed by atoms with Crippen molar-refractivity contribution in [2.45, 2.75) is 71.1 Å². The minimum atomic E-state index is -4.57. The van der Waals surface area contributed by atoms with E-state index in [0.717, 1.165) is 19.3 Å². The van der Waals surface area contributed by atoms with Crippen LogP contribution in [-0.2, 0) is 24.1 Å². The monoisotopic (exact) mass is 324 g/mol. The maximum atomic E-state index is 11.0. The summed E-state index contributed by atoms with van der Waals surface area (Å²) in [7, 11) is -4.57. The van der Waals surface area contributed by atoms with E-state index in [0.29, 0.717) is 0 Å². The minimum absolute atomic E-state index is 0.254. The van der Waals surface area contributed by atoms with E-state index < -0.39 is 23.0 Å². The van der Waals surface area contributed by atoms with Crippen molar-refractivity contribution in [1.29, 1.82) is 0 Å². The third kappa shape index (κ3) is 17.3. The Morgan fingerprint density at radius 3 is 1.86 bits per heavy atom. The van der Waals surface area contributed by atoms with Gasteiger partial charge in [-0.2, -0.15) is 8.42 Å². The Balaban J connectivity index is 3.23. The molecule has 0 fully saturated rings. The molecule has 0 rings (SSSR count). The van der Waals surface area contributed by atoms with Gasteiger partial charge in [-0.05, 0) is 6.42 Å². The zero-order valence-corrected chi connectivity index (χ0v) is 13.7. The van der Waals surface area contributed by atoms with Crippen LogP contribution in [0.15, 0.2) is 0 Å². The lowest BCUT2D eigenvalue weighted by atomic mass is 10.1. The highest BCUT2D eigenvalue weighted by Crippen LogP contribution is 2.10. The highest BCUT2D eigenvalue weighted by Gasteiger charge is 2.10. The van der Waals surface area contributed by atoms with E-state index in [1.165, 1.54) is 44.9 Å². The number of carbonyl (C=O) groups is 1. The second-order valence-corrected chi connectivity index (χ2v) is 6.18. The molecule has 0 unspecified atom stereocenters. The van der Waals surface area contributed by atoms with E-state index in [2.05, 4.69) is 11.1 Å². The van der Waals surface area contributed by atoms with Gasteiger partial charge in [0.05, 0.1) is 6.61 Å². The van der Waals surface area contributed by atoms with Gasteiger partial charge < -0.3 is 4.74 Å². The molecule has 0 heterocycles. The predicted molar refractivity (Wildman–Crippen MR) is 80.3 cm³/mol. The topological polar surface area (TPSA) is 89.9 Å². The van der Waals surface area contributed by atoms with Crippen molar-refractivity contribution in [2.24, 2.45) is 0 Å². The molecule has 6 nitrogen and oxygen atoms in total. The molecule has 0 radical (unpaired) electrons. The Kier molecular flexibility index (Phi) is 12.6. The zero-order chi connectivity index (χ0) is 16.0. The molecule has 0 bridgehead atoms. The largest absolute Gasteiger partial charge is 0.464 e. The van der Waals surface area contributed by atoms with Gasteiger partial charge >= 0.3 is 16.4 Å². The second kappa shape index (κ2) is 13.0. The number of ether oxygens (including phenoxy) is 1. The molecule has 21 heavy (non-hydrogen) atoms. The molecule has 0 aromatic rings. The molecule has 1 N–H and O–H groups in total. The lowest BCUT2D eigenvalue weighted by Gasteiger charge is -2.04. The summed E-state index contributed by atoms with van der Waals surface area (Å²) in [4.78, 5) is 11.0. The lowest BCUT2D eigenvalue weighted by molar-refractivity contribution is -0.146. The number of unbranched alkanes of at least 4 members (excludes halogenated alkanes) is 9. The quantitative estimate of drug-likeness (QED) is 0.300. The Bertz CT molecular complexity index is 352. The first-order valence-corrected chi connectivity index (χ1v) is 9.09. The molecule has 0 aliphatic heterocycles. The lowest BCUT2D eigenvalue weighted by Crippen LogP contribution is -2.16. The average molecular weight is 324 g/mol. The van der Waals surface area contributed by atoms with Crippen LogP contribution in [0.3, 0.4) is 0 Å². The van der Waals surface area contributed by atoms with Crippen LogP contribution in [0.1, 0.15) is 71.1 Å². The fraction of sp³-hybridized carbons (Fsp3) is 0.929. The van der Waals surface area contributed by atoms with Crippen LogP contribution in [0, 0.1) is 0 Å². The van der Waals surface area contributed by atoms with E-state index in [1.807, 2.05) is 0 Å². The summed E-state index contributed by atoms with van der Waals surface area (Å²) in [5, 5.41) is 0. The summed E-state index contributed by atoms with van der Waals surface area (Å²) >= 11 is 0. The second-order valence-electron chi connectivity index (χ2n) is 5.09. The number of hydrogen-bond donors (Lipinski definition) is 1. The molecular weight excluding hydrogens is 296 g/mol. The van der Waals surface area contributed by atoms with Crippen LogP contribution >= 0.6 is 0 Å². The summed E-state index contributed by atoms with van der Waals surface area (Å²) in [5.41, 5.74) is 0. The normalized spacial score (nSPS) is 11.5. The van der Waals surface area contributed by atoms with Gasteiger partial charge in [0.25, 0.3) is 0 Å². The number of carbonyl (C=O) groups excluding carboxylic acids is 1. The number of rotatable bonds is 14. The Hall–Kier alpha value is -0.660. The molecule has 0 aliphatic carbocycles. The molecule has 0 aromatic heterocycles. The van der Waals surface area contributed by atoms with E-state index in [4.69, 9.17) is 9.29 Å². The molecular formula is C14H28O6S. The van der Waals surface area contributed by atoms with Gasteiger partial charge in [0.1, 0.15) is 0 Å². The van der Waals surface area contributed by atoms with Crippen molar-refractivity contribution < 1.29 is 26.7 Å². The molecule has 0 atom stereocenters.